The van der Waals surface area contributed by atoms with Crippen LogP contribution in [0.3, 0.4) is 0 Å². The Bertz CT molecular complexity index is 219. The molecule has 0 amide bonds. The lowest BCUT2D eigenvalue weighted by Gasteiger charge is -2.20. The summed E-state index contributed by atoms with van der Waals surface area (Å²) >= 11 is 0. The highest BCUT2D eigenvalue weighted by Gasteiger charge is 2.22. The van der Waals surface area contributed by atoms with E-state index in [4.69, 9.17) is 9.47 Å². The molecule has 0 unspecified atom stereocenters. The molecule has 0 N–H and O–H groups in total. The summed E-state index contributed by atoms with van der Waals surface area (Å²) in [5, 5.41) is 0. The van der Waals surface area contributed by atoms with Crippen LogP contribution < -0.4 is 0 Å². The summed E-state index contributed by atoms with van der Waals surface area (Å²) in [5.74, 6) is -0.00459. The molecule has 86 valence electrons. The molecule has 0 aromatic carbocycles. The molecule has 0 aromatic heterocycles. The van der Waals surface area contributed by atoms with Gasteiger partial charge >= 0.3 is 5.97 Å². The van der Waals surface area contributed by atoms with Crippen molar-refractivity contribution in [2.45, 2.75) is 32.6 Å². The molecular weight excluding hydrogens is 196 g/mol. The Hall–Kier alpha value is -0.900. The number of Topliss-reactive ketones (excluding diaryl/α,β-unsaturated/α-hetero) is 1. The first-order valence-corrected chi connectivity index (χ1v) is 5.44. The van der Waals surface area contributed by atoms with Gasteiger partial charge in [-0.05, 0) is 26.2 Å². The first kappa shape index (κ1) is 12.2. The van der Waals surface area contributed by atoms with Crippen LogP contribution in [-0.2, 0) is 19.1 Å². The second-order valence-electron chi connectivity index (χ2n) is 3.86. The molecule has 1 aliphatic rings. The van der Waals surface area contributed by atoms with Gasteiger partial charge in [0, 0.05) is 19.6 Å². The topological polar surface area (TPSA) is 52.6 Å². The second-order valence-corrected chi connectivity index (χ2v) is 3.86. The number of hydrogen-bond acceptors (Lipinski definition) is 4. The number of rotatable bonds is 5. The lowest BCUT2D eigenvalue weighted by Crippen LogP contribution is -2.25. The van der Waals surface area contributed by atoms with Gasteiger partial charge in [0.05, 0.1) is 12.5 Å². The van der Waals surface area contributed by atoms with Crippen LogP contribution in [0, 0.1) is 5.92 Å². The molecule has 0 bridgehead atoms. The summed E-state index contributed by atoms with van der Waals surface area (Å²) in [7, 11) is 0. The number of hydrogen-bond donors (Lipinski definition) is 0. The smallest absolute Gasteiger partial charge is 0.309 e. The van der Waals surface area contributed by atoms with E-state index in [9.17, 15) is 9.59 Å². The van der Waals surface area contributed by atoms with Gasteiger partial charge < -0.3 is 14.3 Å². The fourth-order valence-corrected chi connectivity index (χ4v) is 1.55. The van der Waals surface area contributed by atoms with E-state index in [2.05, 4.69) is 0 Å². The van der Waals surface area contributed by atoms with E-state index >= 15 is 0 Å². The highest BCUT2D eigenvalue weighted by atomic mass is 16.5. The van der Waals surface area contributed by atoms with Gasteiger partial charge in [0.25, 0.3) is 0 Å². The summed E-state index contributed by atoms with van der Waals surface area (Å²) in [5.41, 5.74) is 0. The molecule has 1 fully saturated rings. The zero-order chi connectivity index (χ0) is 11.1. The molecule has 0 aromatic rings. The van der Waals surface area contributed by atoms with E-state index in [1.807, 2.05) is 0 Å². The molecule has 1 aliphatic heterocycles. The summed E-state index contributed by atoms with van der Waals surface area (Å²) in [6.45, 7) is 3.19. The third-order valence-electron chi connectivity index (χ3n) is 2.47. The fourth-order valence-electron chi connectivity index (χ4n) is 1.55. The van der Waals surface area contributed by atoms with Crippen LogP contribution in [0.25, 0.3) is 0 Å². The molecule has 4 nitrogen and oxygen atoms in total. The molecular formula is C11H18O4. The normalized spacial score (nSPS) is 17.4. The van der Waals surface area contributed by atoms with Crippen LogP contribution in [0.15, 0.2) is 0 Å². The van der Waals surface area contributed by atoms with Crippen LogP contribution in [-0.4, -0.2) is 31.6 Å². The van der Waals surface area contributed by atoms with Crippen LogP contribution in [0.1, 0.15) is 32.6 Å². The quantitative estimate of drug-likeness (QED) is 0.511. The van der Waals surface area contributed by atoms with Gasteiger partial charge in [-0.3, -0.25) is 4.79 Å². The van der Waals surface area contributed by atoms with Crippen LogP contribution in [0.4, 0.5) is 0 Å². The molecule has 0 spiro atoms. The average molecular weight is 214 g/mol. The fraction of sp³-hybridized carbons (Fsp3) is 0.818. The van der Waals surface area contributed by atoms with Crippen LogP contribution in [0.2, 0.25) is 0 Å². The Morgan fingerprint density at radius 2 is 2.00 bits per heavy atom. The van der Waals surface area contributed by atoms with E-state index in [0.29, 0.717) is 32.7 Å². The third kappa shape index (κ3) is 4.93. The standard InChI is InChI=1S/C11H18O4/c1-9(12)3-2-6-15-11(13)10-4-7-14-8-5-10/h10H,2-8H2,1H3. The van der Waals surface area contributed by atoms with Crippen molar-refractivity contribution in [2.75, 3.05) is 19.8 Å². The first-order chi connectivity index (χ1) is 7.20. The van der Waals surface area contributed by atoms with Crippen molar-refractivity contribution in [1.29, 1.82) is 0 Å². The van der Waals surface area contributed by atoms with E-state index in [1.165, 1.54) is 0 Å². The number of ketones is 1. The minimum atomic E-state index is -0.137. The van der Waals surface area contributed by atoms with Crippen LogP contribution >= 0.6 is 0 Å². The SMILES string of the molecule is CC(=O)CCCOC(=O)C1CCOCC1. The molecule has 1 heterocycles. The Balaban J connectivity index is 2.09. The summed E-state index contributed by atoms with van der Waals surface area (Å²) in [4.78, 5) is 22.1. The summed E-state index contributed by atoms with van der Waals surface area (Å²) < 4.78 is 10.2. The van der Waals surface area contributed by atoms with Crippen LogP contribution in [0.5, 0.6) is 0 Å². The number of carbonyl (C=O) groups is 2. The van der Waals surface area contributed by atoms with E-state index in [0.717, 1.165) is 12.8 Å². The maximum absolute atomic E-state index is 11.5. The Morgan fingerprint density at radius 1 is 1.33 bits per heavy atom. The zero-order valence-corrected chi connectivity index (χ0v) is 9.16. The van der Waals surface area contributed by atoms with Crippen molar-refractivity contribution >= 4 is 11.8 Å². The number of ether oxygens (including phenoxy) is 2. The zero-order valence-electron chi connectivity index (χ0n) is 9.16. The third-order valence-corrected chi connectivity index (χ3v) is 2.47. The van der Waals surface area contributed by atoms with Crippen molar-refractivity contribution in [3.8, 4) is 0 Å². The Kier molecular flexibility index (Phi) is 5.32. The molecule has 0 radical (unpaired) electrons. The van der Waals surface area contributed by atoms with Gasteiger partial charge in [0.2, 0.25) is 0 Å². The maximum Gasteiger partial charge on any atom is 0.309 e. The maximum atomic E-state index is 11.5. The largest absolute Gasteiger partial charge is 0.465 e. The predicted molar refractivity (Wildman–Crippen MR) is 54.4 cm³/mol. The van der Waals surface area contributed by atoms with Gasteiger partial charge in [-0.2, -0.15) is 0 Å². The highest BCUT2D eigenvalue weighted by Crippen LogP contribution is 2.16. The summed E-state index contributed by atoms with van der Waals surface area (Å²) in [6, 6.07) is 0. The van der Waals surface area contributed by atoms with E-state index in [1.54, 1.807) is 6.92 Å². The molecule has 4 heteroatoms. The molecule has 0 atom stereocenters. The van der Waals surface area contributed by atoms with E-state index in [-0.39, 0.29) is 17.7 Å². The molecule has 1 rings (SSSR count). The monoisotopic (exact) mass is 214 g/mol. The van der Waals surface area contributed by atoms with Gasteiger partial charge in [-0.1, -0.05) is 0 Å². The molecule has 0 saturated carbocycles. The second kappa shape index (κ2) is 6.56. The molecule has 0 aliphatic carbocycles. The minimum Gasteiger partial charge on any atom is -0.465 e. The van der Waals surface area contributed by atoms with Gasteiger partial charge in [0.1, 0.15) is 5.78 Å². The highest BCUT2D eigenvalue weighted by molar-refractivity contribution is 5.75. The Morgan fingerprint density at radius 3 is 2.60 bits per heavy atom. The Labute approximate surface area is 89.9 Å². The van der Waals surface area contributed by atoms with Gasteiger partial charge in [-0.15, -0.1) is 0 Å². The number of carbonyl (C=O) groups excluding carboxylic acids is 2. The first-order valence-electron chi connectivity index (χ1n) is 5.44. The minimum absolute atomic E-state index is 0.00363. The average Bonchev–Trinajstić information content (AvgIpc) is 2.25. The van der Waals surface area contributed by atoms with Gasteiger partial charge in [0.15, 0.2) is 0 Å². The van der Waals surface area contributed by atoms with Crippen molar-refractivity contribution in [2.24, 2.45) is 5.92 Å². The summed E-state index contributed by atoms with van der Waals surface area (Å²) in [6.07, 6.45) is 2.63. The van der Waals surface area contributed by atoms with E-state index < -0.39 is 0 Å². The lowest BCUT2D eigenvalue weighted by atomic mass is 10.0. The van der Waals surface area contributed by atoms with Gasteiger partial charge in [-0.25, -0.2) is 0 Å². The van der Waals surface area contributed by atoms with Crippen molar-refractivity contribution < 1.29 is 19.1 Å². The van der Waals surface area contributed by atoms with Crippen molar-refractivity contribution in [3.63, 3.8) is 0 Å². The number of esters is 1. The predicted octanol–water partition coefficient (Wildman–Crippen LogP) is 1.33. The lowest BCUT2D eigenvalue weighted by molar-refractivity contribution is -0.152. The van der Waals surface area contributed by atoms with Crippen molar-refractivity contribution in [3.05, 3.63) is 0 Å². The van der Waals surface area contributed by atoms with Crippen molar-refractivity contribution in [1.82, 2.24) is 0 Å². The molecule has 1 saturated heterocycles. The molecule has 15 heavy (non-hydrogen) atoms.